The van der Waals surface area contributed by atoms with E-state index in [0.717, 1.165) is 0 Å². The van der Waals surface area contributed by atoms with E-state index < -0.39 is 5.41 Å². The Kier molecular flexibility index (Phi) is 5.05. The maximum atomic E-state index is 12.6. The molecule has 1 aromatic carbocycles. The first-order chi connectivity index (χ1) is 12.3. The maximum absolute atomic E-state index is 12.6. The number of nitrogens with zero attached hydrogens (tertiary/aromatic N) is 4. The number of rotatable bonds is 2. The van der Waals surface area contributed by atoms with Crippen LogP contribution in [0.5, 0.6) is 0 Å². The van der Waals surface area contributed by atoms with E-state index in [2.05, 4.69) is 5.10 Å². The highest BCUT2D eigenvalue weighted by Crippen LogP contribution is 2.24. The maximum Gasteiger partial charge on any atom is 0.292 e. The smallest absolute Gasteiger partial charge is 0.292 e. The van der Waals surface area contributed by atoms with E-state index >= 15 is 0 Å². The van der Waals surface area contributed by atoms with Crippen LogP contribution in [0.4, 0.5) is 5.69 Å². The molecule has 0 saturated carbocycles. The van der Waals surface area contributed by atoms with Gasteiger partial charge in [-0.2, -0.15) is 9.78 Å². The molecule has 0 radical (unpaired) electrons. The summed E-state index contributed by atoms with van der Waals surface area (Å²) in [7, 11) is 0. The van der Waals surface area contributed by atoms with Crippen molar-refractivity contribution in [1.29, 1.82) is 0 Å². The summed E-state index contributed by atoms with van der Waals surface area (Å²) in [5, 5.41) is 4.43. The molecule has 3 rings (SSSR count). The van der Waals surface area contributed by atoms with E-state index in [1.807, 2.05) is 48.8 Å². The zero-order valence-electron chi connectivity index (χ0n) is 15.3. The minimum absolute atomic E-state index is 0.140. The van der Waals surface area contributed by atoms with Gasteiger partial charge in [0.1, 0.15) is 5.02 Å². The number of benzene rings is 1. The zero-order chi connectivity index (χ0) is 18.9. The molecular weight excluding hydrogens is 352 g/mol. The molecule has 1 aliphatic rings. The topological polar surface area (TPSA) is 58.4 Å². The van der Waals surface area contributed by atoms with Crippen LogP contribution in [0.1, 0.15) is 20.8 Å². The largest absolute Gasteiger partial charge is 0.365 e. The molecule has 0 unspecified atom stereocenters. The Hall–Kier alpha value is -2.34. The normalized spacial score (nSPS) is 15.2. The zero-order valence-corrected chi connectivity index (χ0v) is 16.0. The third kappa shape index (κ3) is 3.60. The summed E-state index contributed by atoms with van der Waals surface area (Å²) in [6, 6.07) is 9.18. The highest BCUT2D eigenvalue weighted by molar-refractivity contribution is 6.33. The fraction of sp³-hybridized carbons (Fsp3) is 0.421. The molecule has 2 heterocycles. The standard InChI is InChI=1S/C19H23ClN4O2/c1-19(2,3)18(26)23-11-9-22(10-12-23)15-13-21-24(17(25)16(15)20)14-7-5-4-6-8-14/h4-8,13H,9-12H2,1-3H3. The highest BCUT2D eigenvalue weighted by Gasteiger charge is 2.30. The molecule has 1 saturated heterocycles. The third-order valence-electron chi connectivity index (χ3n) is 4.45. The van der Waals surface area contributed by atoms with Crippen LogP contribution in [0, 0.1) is 5.41 Å². The van der Waals surface area contributed by atoms with Gasteiger partial charge >= 0.3 is 0 Å². The number of halogens is 1. The van der Waals surface area contributed by atoms with Gasteiger partial charge in [-0.05, 0) is 12.1 Å². The molecule has 2 aromatic rings. The fourth-order valence-electron chi connectivity index (χ4n) is 3.02. The predicted octanol–water partition coefficient (Wildman–Crippen LogP) is 2.58. The monoisotopic (exact) mass is 374 g/mol. The second kappa shape index (κ2) is 7.11. The van der Waals surface area contributed by atoms with E-state index in [1.165, 1.54) is 4.68 Å². The predicted molar refractivity (Wildman–Crippen MR) is 103 cm³/mol. The van der Waals surface area contributed by atoms with Crippen molar-refractivity contribution in [2.75, 3.05) is 31.1 Å². The van der Waals surface area contributed by atoms with Crippen molar-refractivity contribution in [3.05, 3.63) is 51.9 Å². The summed E-state index contributed by atoms with van der Waals surface area (Å²) in [6.07, 6.45) is 1.62. The average molecular weight is 375 g/mol. The number of para-hydroxylation sites is 1. The molecule has 6 nitrogen and oxygen atoms in total. The number of aromatic nitrogens is 2. The molecule has 0 atom stereocenters. The van der Waals surface area contributed by atoms with Gasteiger partial charge in [0.2, 0.25) is 5.91 Å². The Balaban J connectivity index is 1.79. The van der Waals surface area contributed by atoms with Crippen molar-refractivity contribution in [3.63, 3.8) is 0 Å². The second-order valence-corrected chi connectivity index (χ2v) is 7.80. The van der Waals surface area contributed by atoms with Crippen LogP contribution < -0.4 is 10.5 Å². The van der Waals surface area contributed by atoms with Crippen LogP contribution in [0.15, 0.2) is 41.3 Å². The molecular formula is C19H23ClN4O2. The highest BCUT2D eigenvalue weighted by atomic mass is 35.5. The second-order valence-electron chi connectivity index (χ2n) is 7.43. The summed E-state index contributed by atoms with van der Waals surface area (Å²) in [5.41, 5.74) is 0.555. The van der Waals surface area contributed by atoms with Crippen molar-refractivity contribution in [3.8, 4) is 5.69 Å². The number of hydrogen-bond acceptors (Lipinski definition) is 4. The number of carbonyl (C=O) groups is 1. The van der Waals surface area contributed by atoms with Crippen LogP contribution in [0.3, 0.4) is 0 Å². The van der Waals surface area contributed by atoms with Gasteiger partial charge in [0.05, 0.1) is 17.6 Å². The lowest BCUT2D eigenvalue weighted by Gasteiger charge is -2.38. The van der Waals surface area contributed by atoms with Crippen molar-refractivity contribution in [1.82, 2.24) is 14.7 Å². The lowest BCUT2D eigenvalue weighted by molar-refractivity contribution is -0.139. The van der Waals surface area contributed by atoms with Crippen molar-refractivity contribution >= 4 is 23.2 Å². The molecule has 7 heteroatoms. The van der Waals surface area contributed by atoms with Crippen LogP contribution in [0.2, 0.25) is 5.02 Å². The van der Waals surface area contributed by atoms with Gasteiger partial charge in [0.25, 0.3) is 5.56 Å². The molecule has 1 aliphatic heterocycles. The molecule has 1 aromatic heterocycles. The Morgan fingerprint density at radius 3 is 2.27 bits per heavy atom. The Labute approximate surface area is 158 Å². The Morgan fingerprint density at radius 1 is 1.08 bits per heavy atom. The third-order valence-corrected chi connectivity index (χ3v) is 4.81. The number of hydrogen-bond donors (Lipinski definition) is 0. The van der Waals surface area contributed by atoms with Gasteiger partial charge in [-0.25, -0.2) is 0 Å². The van der Waals surface area contributed by atoms with Gasteiger partial charge in [-0.3, -0.25) is 9.59 Å². The van der Waals surface area contributed by atoms with Crippen LogP contribution in [0.25, 0.3) is 5.69 Å². The van der Waals surface area contributed by atoms with Crippen molar-refractivity contribution in [2.45, 2.75) is 20.8 Å². The van der Waals surface area contributed by atoms with Crippen molar-refractivity contribution < 1.29 is 4.79 Å². The first-order valence-corrected chi connectivity index (χ1v) is 9.04. The number of carbonyl (C=O) groups excluding carboxylic acids is 1. The van der Waals surface area contributed by atoms with E-state index in [-0.39, 0.29) is 16.5 Å². The number of anilines is 1. The van der Waals surface area contributed by atoms with Gasteiger partial charge in [0.15, 0.2) is 0 Å². The molecule has 26 heavy (non-hydrogen) atoms. The summed E-state index contributed by atoms with van der Waals surface area (Å²) in [6.45, 7) is 8.22. The molecule has 138 valence electrons. The quantitative estimate of drug-likeness (QED) is 0.810. The van der Waals surface area contributed by atoms with Crippen LogP contribution in [-0.4, -0.2) is 46.8 Å². The first-order valence-electron chi connectivity index (χ1n) is 8.66. The summed E-state index contributed by atoms with van der Waals surface area (Å²) in [5.74, 6) is 0.140. The average Bonchev–Trinajstić information content (AvgIpc) is 2.63. The molecule has 0 N–H and O–H groups in total. The van der Waals surface area contributed by atoms with Gasteiger partial charge in [-0.1, -0.05) is 50.6 Å². The summed E-state index contributed by atoms with van der Waals surface area (Å²) in [4.78, 5) is 28.9. The van der Waals surface area contributed by atoms with E-state index in [4.69, 9.17) is 11.6 Å². The SMILES string of the molecule is CC(C)(C)C(=O)N1CCN(c2cnn(-c3ccccc3)c(=O)c2Cl)CC1. The first kappa shape index (κ1) is 18.5. The number of amides is 1. The molecule has 0 aliphatic carbocycles. The van der Waals surface area contributed by atoms with Gasteiger partial charge < -0.3 is 9.80 Å². The Bertz CT molecular complexity index is 850. The molecule has 1 fully saturated rings. The number of piperazine rings is 1. The van der Waals surface area contributed by atoms with E-state index in [9.17, 15) is 9.59 Å². The summed E-state index contributed by atoms with van der Waals surface area (Å²) >= 11 is 6.36. The Morgan fingerprint density at radius 2 is 1.69 bits per heavy atom. The summed E-state index contributed by atoms with van der Waals surface area (Å²) < 4.78 is 1.30. The van der Waals surface area contributed by atoms with E-state index in [0.29, 0.717) is 37.6 Å². The fourth-order valence-corrected chi connectivity index (χ4v) is 3.27. The minimum atomic E-state index is -0.391. The van der Waals surface area contributed by atoms with Gasteiger partial charge in [-0.15, -0.1) is 0 Å². The van der Waals surface area contributed by atoms with E-state index in [1.54, 1.807) is 18.3 Å². The van der Waals surface area contributed by atoms with Crippen LogP contribution in [-0.2, 0) is 4.79 Å². The van der Waals surface area contributed by atoms with Crippen molar-refractivity contribution in [2.24, 2.45) is 5.41 Å². The molecule has 1 amide bonds. The van der Waals surface area contributed by atoms with Crippen LogP contribution >= 0.6 is 11.6 Å². The lowest BCUT2D eigenvalue weighted by atomic mass is 9.94. The minimum Gasteiger partial charge on any atom is -0.365 e. The molecule has 0 spiro atoms. The molecule has 0 bridgehead atoms. The lowest BCUT2D eigenvalue weighted by Crippen LogP contribution is -2.52. The van der Waals surface area contributed by atoms with Gasteiger partial charge in [0, 0.05) is 31.6 Å².